The average Bonchev–Trinajstić information content (AvgIpc) is 2.48. The number of aliphatic hydroxyl groups excluding tert-OH is 2. The molecule has 25 heavy (non-hydrogen) atoms. The molecule has 4 N–H and O–H groups in total. The minimum atomic E-state index is -0.475. The van der Waals surface area contributed by atoms with E-state index in [1.807, 2.05) is 0 Å². The summed E-state index contributed by atoms with van der Waals surface area (Å²) in [4.78, 5) is 18.0. The zero-order valence-electron chi connectivity index (χ0n) is 16.2. The van der Waals surface area contributed by atoms with E-state index < -0.39 is 5.97 Å². The van der Waals surface area contributed by atoms with Gasteiger partial charge in [0, 0.05) is 17.8 Å². The molecule has 0 saturated carbocycles. The van der Waals surface area contributed by atoms with E-state index in [1.165, 1.54) is 0 Å². The van der Waals surface area contributed by atoms with Gasteiger partial charge in [-0.3, -0.25) is 10.5 Å². The second-order valence-corrected chi connectivity index (χ2v) is 5.09. The summed E-state index contributed by atoms with van der Waals surface area (Å²) < 4.78 is 12.8. The van der Waals surface area contributed by atoms with Crippen LogP contribution in [0.4, 0.5) is 0 Å². The molecule has 0 aromatic rings. The Morgan fingerprint density at radius 1 is 0.960 bits per heavy atom. The fourth-order valence-corrected chi connectivity index (χ4v) is 0.295. The van der Waals surface area contributed by atoms with Crippen LogP contribution in [0.15, 0.2) is 12.2 Å². The number of ether oxygens (including phenoxy) is 1. The van der Waals surface area contributed by atoms with Crippen LogP contribution in [0.5, 0.6) is 0 Å². The third-order valence-electron chi connectivity index (χ3n) is 0.967. The van der Waals surface area contributed by atoms with Gasteiger partial charge in [0.25, 0.3) is 0 Å². The van der Waals surface area contributed by atoms with Crippen molar-refractivity contribution in [1.82, 2.24) is 0 Å². The Bertz CT molecular complexity index is 260. The van der Waals surface area contributed by atoms with Gasteiger partial charge in [0.15, 0.2) is 0 Å². The predicted molar refractivity (Wildman–Crippen MR) is 88.6 cm³/mol. The number of aliphatic hydroxyl groups is 2. The molecule has 0 aliphatic rings. The second-order valence-electron chi connectivity index (χ2n) is 5.09. The van der Waals surface area contributed by atoms with Gasteiger partial charge in [-0.1, -0.05) is 6.58 Å². The molecule has 0 bridgehead atoms. The van der Waals surface area contributed by atoms with Crippen LogP contribution in [-0.2, 0) is 43.0 Å². The Morgan fingerprint density at radius 2 is 1.24 bits per heavy atom. The summed E-state index contributed by atoms with van der Waals surface area (Å²) in [7, 11) is 0. The molecule has 9 nitrogen and oxygen atoms in total. The number of hydrogen-bond donors (Lipinski definition) is 4. The summed E-state index contributed by atoms with van der Waals surface area (Å²) in [6.07, 6.45) is -0.394. The zero-order valence-corrected chi connectivity index (χ0v) is 17.7. The summed E-state index contributed by atoms with van der Waals surface area (Å²) in [6.45, 7) is 15.3. The standard InChI is InChI=1S/C6H10O4.C3H8O2.2C3H8O.O.Ti/c1-5(2)6(7)9-3-4-10-8;1-3(2)5-4;2*1-3(2)4;;/h8H,1,3-4H2,2H3;3-4H,1-2H3;2*3-4H,1-2H3;;. The molecule has 0 spiro atoms. The van der Waals surface area contributed by atoms with Crippen LogP contribution in [0.3, 0.4) is 0 Å². The normalized spacial score (nSPS) is 8.52. The number of carbonyl (C=O) groups is 1. The van der Waals surface area contributed by atoms with E-state index in [1.54, 1.807) is 48.5 Å². The Balaban J connectivity index is -0.0000000753. The number of carbonyl (C=O) groups excluding carboxylic acids is 1. The molecule has 0 heterocycles. The number of esters is 1. The fourth-order valence-electron chi connectivity index (χ4n) is 0.295. The van der Waals surface area contributed by atoms with Crippen molar-refractivity contribution in [3.05, 3.63) is 12.2 Å². The predicted octanol–water partition coefficient (Wildman–Crippen LogP) is 2.13. The summed E-state index contributed by atoms with van der Waals surface area (Å²) in [5.74, 6) is -0.475. The van der Waals surface area contributed by atoms with Gasteiger partial charge < -0.3 is 14.9 Å². The molecule has 0 aliphatic carbocycles. The molecule has 0 atom stereocenters. The first-order valence-corrected chi connectivity index (χ1v) is 8.01. The molecule has 0 fully saturated rings. The molecule has 0 unspecified atom stereocenters. The summed E-state index contributed by atoms with van der Waals surface area (Å²) in [5.41, 5.74) is 0.331. The third-order valence-corrected chi connectivity index (χ3v) is 0.967. The molecule has 152 valence electrons. The molecule has 0 aliphatic heterocycles. The van der Waals surface area contributed by atoms with E-state index in [2.05, 4.69) is 21.1 Å². The zero-order chi connectivity index (χ0) is 21.4. The summed E-state index contributed by atoms with van der Waals surface area (Å²) in [6, 6.07) is 0. The maximum absolute atomic E-state index is 10.6. The first kappa shape index (κ1) is 35.6. The number of hydrogen-bond acceptors (Lipinski definition) is 9. The Kier molecular flexibility index (Phi) is 44.5. The van der Waals surface area contributed by atoms with Gasteiger partial charge in [-0.2, -0.15) is 0 Å². The maximum atomic E-state index is 10.6. The molecule has 0 aromatic carbocycles. The van der Waals surface area contributed by atoms with E-state index in [0.717, 1.165) is 20.4 Å². The van der Waals surface area contributed by atoms with Crippen LogP contribution in [0.2, 0.25) is 0 Å². The van der Waals surface area contributed by atoms with Crippen molar-refractivity contribution in [2.24, 2.45) is 0 Å². The molecule has 0 saturated heterocycles. The summed E-state index contributed by atoms with van der Waals surface area (Å²) >= 11 is 0.750. The van der Waals surface area contributed by atoms with Crippen LogP contribution in [0.1, 0.15) is 48.5 Å². The van der Waals surface area contributed by atoms with Crippen molar-refractivity contribution in [2.45, 2.75) is 66.8 Å². The first-order valence-electron chi connectivity index (χ1n) is 7.37. The van der Waals surface area contributed by atoms with Crippen LogP contribution in [0.25, 0.3) is 0 Å². The van der Waals surface area contributed by atoms with Crippen LogP contribution in [0, 0.1) is 0 Å². The second kappa shape index (κ2) is 31.3. The van der Waals surface area contributed by atoms with Gasteiger partial charge in [0.2, 0.25) is 0 Å². The SMILES string of the molecule is C=C(C)C(=O)OCCOO.CC(C)O.CC(C)O.CC(C)OO.[O]=[Ti]. The minimum absolute atomic E-state index is 0.0149. The molecule has 0 aromatic heterocycles. The summed E-state index contributed by atoms with van der Waals surface area (Å²) in [5, 5.41) is 31.6. The molecular formula is C15H34O9Ti. The topological polar surface area (TPSA) is 143 Å². The Labute approximate surface area is 162 Å². The fraction of sp³-hybridized carbons (Fsp3) is 0.800. The van der Waals surface area contributed by atoms with Gasteiger partial charge in [0.1, 0.15) is 13.2 Å². The Hall–Kier alpha value is -0.516. The molecule has 10 heteroatoms. The van der Waals surface area contributed by atoms with Crippen molar-refractivity contribution in [3.8, 4) is 0 Å². The van der Waals surface area contributed by atoms with E-state index in [-0.39, 0.29) is 31.5 Å². The van der Waals surface area contributed by atoms with Crippen molar-refractivity contribution in [1.29, 1.82) is 0 Å². The van der Waals surface area contributed by atoms with Gasteiger partial charge >= 0.3 is 29.7 Å². The van der Waals surface area contributed by atoms with Crippen LogP contribution >= 0.6 is 0 Å². The van der Waals surface area contributed by atoms with Crippen molar-refractivity contribution in [3.63, 3.8) is 0 Å². The van der Waals surface area contributed by atoms with E-state index in [4.69, 9.17) is 24.1 Å². The van der Waals surface area contributed by atoms with E-state index >= 15 is 0 Å². The van der Waals surface area contributed by atoms with Gasteiger partial charge in [-0.25, -0.2) is 14.6 Å². The van der Waals surface area contributed by atoms with Gasteiger partial charge in [-0.05, 0) is 48.5 Å². The van der Waals surface area contributed by atoms with Gasteiger partial charge in [-0.15, -0.1) is 0 Å². The van der Waals surface area contributed by atoms with Gasteiger partial charge in [0.05, 0.1) is 6.10 Å². The van der Waals surface area contributed by atoms with Crippen molar-refractivity contribution in [2.75, 3.05) is 13.2 Å². The van der Waals surface area contributed by atoms with Crippen molar-refractivity contribution < 1.29 is 63.8 Å². The first-order chi connectivity index (χ1) is 11.4. The van der Waals surface area contributed by atoms with E-state index in [9.17, 15) is 4.79 Å². The van der Waals surface area contributed by atoms with E-state index in [0.29, 0.717) is 5.57 Å². The van der Waals surface area contributed by atoms with Crippen LogP contribution < -0.4 is 0 Å². The number of rotatable bonds is 5. The van der Waals surface area contributed by atoms with Crippen LogP contribution in [-0.4, -0.2) is 58.2 Å². The molecular weight excluding hydrogens is 372 g/mol. The third kappa shape index (κ3) is 98.6. The Morgan fingerprint density at radius 3 is 1.40 bits per heavy atom. The molecule has 0 radical (unpaired) electrons. The van der Waals surface area contributed by atoms with Crippen molar-refractivity contribution >= 4 is 5.97 Å². The molecule has 0 amide bonds. The molecule has 0 rings (SSSR count). The quantitative estimate of drug-likeness (QED) is 0.135. The monoisotopic (exact) mass is 406 g/mol. The average molecular weight is 406 g/mol.